The highest BCUT2D eigenvalue weighted by Crippen LogP contribution is 2.27. The summed E-state index contributed by atoms with van der Waals surface area (Å²) in [6, 6.07) is -0.417. The molecule has 1 aliphatic rings. The molecule has 0 bridgehead atoms. The van der Waals surface area contributed by atoms with Gasteiger partial charge in [0.05, 0.1) is 24.3 Å². The van der Waals surface area contributed by atoms with Crippen molar-refractivity contribution in [1.82, 2.24) is 10.2 Å². The molecule has 6 heteroatoms. The van der Waals surface area contributed by atoms with Gasteiger partial charge < -0.3 is 9.64 Å². The quantitative estimate of drug-likeness (QED) is 0.726. The van der Waals surface area contributed by atoms with Gasteiger partial charge in [-0.3, -0.25) is 10.1 Å². The predicted octanol–water partition coefficient (Wildman–Crippen LogP) is 1.35. The van der Waals surface area contributed by atoms with E-state index < -0.39 is 23.1 Å². The second-order valence-corrected chi connectivity index (χ2v) is 5.73. The van der Waals surface area contributed by atoms with Gasteiger partial charge in [-0.1, -0.05) is 0 Å². The highest BCUT2D eigenvalue weighted by molar-refractivity contribution is 6.28. The molecule has 17 heavy (non-hydrogen) atoms. The lowest BCUT2D eigenvalue weighted by molar-refractivity contribution is -0.170. The van der Waals surface area contributed by atoms with Gasteiger partial charge in [0.2, 0.25) is 5.91 Å². The molecule has 0 unspecified atom stereocenters. The Morgan fingerprint density at radius 2 is 1.71 bits per heavy atom. The van der Waals surface area contributed by atoms with Crippen molar-refractivity contribution in [3.8, 4) is 0 Å². The average Bonchev–Trinajstić information content (AvgIpc) is 2.12. The molecule has 0 radical (unpaired) electrons. The number of halogens is 1. The van der Waals surface area contributed by atoms with E-state index in [0.29, 0.717) is 13.1 Å². The SMILES string of the molecule is CC1(C)CN(C(=O)NC(=O)CCl)CC(C)(C)O1. The van der Waals surface area contributed by atoms with Gasteiger partial charge in [-0.15, -0.1) is 11.6 Å². The van der Waals surface area contributed by atoms with Crippen LogP contribution >= 0.6 is 11.6 Å². The zero-order chi connectivity index (χ0) is 13.3. The van der Waals surface area contributed by atoms with Crippen LogP contribution in [-0.2, 0) is 9.53 Å². The Bertz CT molecular complexity index is 313. The maximum absolute atomic E-state index is 11.8. The van der Waals surface area contributed by atoms with Gasteiger partial charge in [-0.2, -0.15) is 0 Å². The number of ether oxygens (including phenoxy) is 1. The maximum Gasteiger partial charge on any atom is 0.324 e. The summed E-state index contributed by atoms with van der Waals surface area (Å²) < 4.78 is 5.84. The molecule has 1 heterocycles. The average molecular weight is 263 g/mol. The van der Waals surface area contributed by atoms with Gasteiger partial charge in [-0.25, -0.2) is 4.79 Å². The number of nitrogens with zero attached hydrogens (tertiary/aromatic N) is 1. The summed E-state index contributed by atoms with van der Waals surface area (Å²) in [4.78, 5) is 24.5. The largest absolute Gasteiger partial charge is 0.366 e. The van der Waals surface area contributed by atoms with E-state index in [-0.39, 0.29) is 5.88 Å². The van der Waals surface area contributed by atoms with E-state index in [2.05, 4.69) is 5.32 Å². The Labute approximate surface area is 106 Å². The number of carbonyl (C=O) groups excluding carboxylic acids is 2. The van der Waals surface area contributed by atoms with E-state index in [4.69, 9.17) is 16.3 Å². The molecular weight excluding hydrogens is 244 g/mol. The molecule has 0 aliphatic carbocycles. The van der Waals surface area contributed by atoms with Crippen LogP contribution in [0.5, 0.6) is 0 Å². The van der Waals surface area contributed by atoms with E-state index in [1.807, 2.05) is 27.7 Å². The van der Waals surface area contributed by atoms with Gasteiger partial charge in [0.1, 0.15) is 5.88 Å². The monoisotopic (exact) mass is 262 g/mol. The fraction of sp³-hybridized carbons (Fsp3) is 0.818. The minimum atomic E-state index is -0.487. The molecule has 1 aliphatic heterocycles. The van der Waals surface area contributed by atoms with Crippen molar-refractivity contribution in [3.63, 3.8) is 0 Å². The molecule has 1 saturated heterocycles. The number of nitrogens with one attached hydrogen (secondary N) is 1. The Kier molecular flexibility index (Phi) is 4.04. The Balaban J connectivity index is 2.71. The minimum absolute atomic E-state index is 0.219. The molecule has 3 amide bonds. The molecule has 1 rings (SSSR count). The molecule has 0 aromatic heterocycles. The van der Waals surface area contributed by atoms with Crippen LogP contribution in [0.3, 0.4) is 0 Å². The number of imide groups is 1. The number of carbonyl (C=O) groups is 2. The summed E-state index contributed by atoms with van der Waals surface area (Å²) >= 11 is 5.34. The standard InChI is InChI=1S/C11H19ClN2O3/c1-10(2)6-14(7-11(3,4)17-10)9(16)13-8(15)5-12/h5-7H2,1-4H3,(H,13,15,16). The van der Waals surface area contributed by atoms with Crippen molar-refractivity contribution in [1.29, 1.82) is 0 Å². The van der Waals surface area contributed by atoms with Gasteiger partial charge >= 0.3 is 6.03 Å². The lowest BCUT2D eigenvalue weighted by Gasteiger charge is -2.46. The molecule has 1 N–H and O–H groups in total. The molecule has 1 fully saturated rings. The van der Waals surface area contributed by atoms with Crippen LogP contribution in [0.15, 0.2) is 0 Å². The lowest BCUT2D eigenvalue weighted by Crippen LogP contribution is -2.60. The lowest BCUT2D eigenvalue weighted by atomic mass is 9.99. The molecule has 0 spiro atoms. The maximum atomic E-state index is 11.8. The van der Waals surface area contributed by atoms with Crippen molar-refractivity contribution in [2.45, 2.75) is 38.9 Å². The third-order valence-electron chi connectivity index (χ3n) is 2.35. The van der Waals surface area contributed by atoms with Crippen molar-refractivity contribution >= 4 is 23.5 Å². The molecule has 0 aromatic carbocycles. The molecule has 0 atom stereocenters. The minimum Gasteiger partial charge on any atom is -0.366 e. The normalized spacial score (nSPS) is 22.1. The molecular formula is C11H19ClN2O3. The van der Waals surface area contributed by atoms with Crippen LogP contribution in [-0.4, -0.2) is 47.0 Å². The van der Waals surface area contributed by atoms with Crippen LogP contribution in [0.4, 0.5) is 4.79 Å². The summed E-state index contributed by atoms with van der Waals surface area (Å²) in [6.45, 7) is 8.54. The number of amides is 3. The number of hydrogen-bond donors (Lipinski definition) is 1. The van der Waals surface area contributed by atoms with Crippen molar-refractivity contribution in [2.75, 3.05) is 19.0 Å². The summed E-state index contributed by atoms with van der Waals surface area (Å²) in [5.74, 6) is -0.707. The van der Waals surface area contributed by atoms with Gasteiger partial charge in [0.15, 0.2) is 0 Å². The predicted molar refractivity (Wildman–Crippen MR) is 65.1 cm³/mol. The molecule has 0 saturated carbocycles. The zero-order valence-corrected chi connectivity index (χ0v) is 11.4. The van der Waals surface area contributed by atoms with E-state index >= 15 is 0 Å². The number of morpholine rings is 1. The first kappa shape index (κ1) is 14.3. The van der Waals surface area contributed by atoms with Crippen molar-refractivity contribution < 1.29 is 14.3 Å². The summed E-state index contributed by atoms with van der Waals surface area (Å²) in [7, 11) is 0. The summed E-state index contributed by atoms with van der Waals surface area (Å²) in [5, 5.41) is 2.24. The number of urea groups is 1. The van der Waals surface area contributed by atoms with Crippen LogP contribution in [0, 0.1) is 0 Å². The summed E-state index contributed by atoms with van der Waals surface area (Å²) in [5.41, 5.74) is -0.855. The van der Waals surface area contributed by atoms with Crippen molar-refractivity contribution in [3.05, 3.63) is 0 Å². The summed E-state index contributed by atoms with van der Waals surface area (Å²) in [6.07, 6.45) is 0. The number of rotatable bonds is 1. The van der Waals surface area contributed by atoms with Gasteiger partial charge in [0.25, 0.3) is 0 Å². The highest BCUT2D eigenvalue weighted by atomic mass is 35.5. The molecule has 5 nitrogen and oxygen atoms in total. The third kappa shape index (κ3) is 4.16. The van der Waals surface area contributed by atoms with E-state index in [0.717, 1.165) is 0 Å². The number of hydrogen-bond acceptors (Lipinski definition) is 3. The van der Waals surface area contributed by atoms with Gasteiger partial charge in [0, 0.05) is 0 Å². The van der Waals surface area contributed by atoms with E-state index in [1.165, 1.54) is 0 Å². The zero-order valence-electron chi connectivity index (χ0n) is 10.7. The van der Waals surface area contributed by atoms with Gasteiger partial charge in [-0.05, 0) is 27.7 Å². The fourth-order valence-corrected chi connectivity index (χ4v) is 2.23. The topological polar surface area (TPSA) is 58.6 Å². The first-order valence-electron chi connectivity index (χ1n) is 5.50. The van der Waals surface area contributed by atoms with Crippen LogP contribution < -0.4 is 5.32 Å². The Morgan fingerprint density at radius 1 is 1.24 bits per heavy atom. The molecule has 0 aromatic rings. The smallest absolute Gasteiger partial charge is 0.324 e. The third-order valence-corrected chi connectivity index (χ3v) is 2.59. The van der Waals surface area contributed by atoms with E-state index in [1.54, 1.807) is 4.90 Å². The molecule has 98 valence electrons. The van der Waals surface area contributed by atoms with Crippen molar-refractivity contribution in [2.24, 2.45) is 0 Å². The second-order valence-electron chi connectivity index (χ2n) is 5.46. The number of alkyl halides is 1. The first-order chi connectivity index (χ1) is 7.65. The van der Waals surface area contributed by atoms with Crippen LogP contribution in [0.2, 0.25) is 0 Å². The highest BCUT2D eigenvalue weighted by Gasteiger charge is 2.40. The fourth-order valence-electron chi connectivity index (χ4n) is 2.16. The van der Waals surface area contributed by atoms with Crippen LogP contribution in [0.25, 0.3) is 0 Å². The Morgan fingerprint density at radius 3 is 2.12 bits per heavy atom. The second kappa shape index (κ2) is 4.82. The van der Waals surface area contributed by atoms with Crippen LogP contribution in [0.1, 0.15) is 27.7 Å². The van der Waals surface area contributed by atoms with E-state index in [9.17, 15) is 9.59 Å². The Hall–Kier alpha value is -0.810. The first-order valence-corrected chi connectivity index (χ1v) is 6.04.